The first-order valence-electron chi connectivity index (χ1n) is 6.12. The number of carbonyl (C=O) groups is 1. The Balaban J connectivity index is 2.05. The molecule has 100 valence electrons. The van der Waals surface area contributed by atoms with Gasteiger partial charge in [-0.25, -0.2) is 8.78 Å². The summed E-state index contributed by atoms with van der Waals surface area (Å²) in [6.07, 6.45) is 0.969. The maximum Gasteiger partial charge on any atom is 0.142 e. The lowest BCUT2D eigenvalue weighted by atomic mass is 10.1. The summed E-state index contributed by atoms with van der Waals surface area (Å²) in [4.78, 5) is 14.0. The zero-order valence-electron chi connectivity index (χ0n) is 10.6. The average molecular weight is 280 g/mol. The van der Waals surface area contributed by atoms with E-state index in [1.54, 1.807) is 11.3 Å². The van der Waals surface area contributed by atoms with Gasteiger partial charge < -0.3 is 0 Å². The number of hydrogen-bond acceptors (Lipinski definition) is 2. The Bertz CT molecular complexity index is 569. The van der Waals surface area contributed by atoms with Gasteiger partial charge in [-0.15, -0.1) is 11.3 Å². The summed E-state index contributed by atoms with van der Waals surface area (Å²) in [5.74, 6) is -1.49. The lowest BCUT2D eigenvalue weighted by molar-refractivity contribution is -0.117. The highest BCUT2D eigenvalue weighted by molar-refractivity contribution is 7.12. The maximum absolute atomic E-state index is 13.4. The minimum absolute atomic E-state index is 0.139. The van der Waals surface area contributed by atoms with E-state index in [2.05, 4.69) is 0 Å². The topological polar surface area (TPSA) is 17.1 Å². The Hall–Kier alpha value is -1.55. The van der Waals surface area contributed by atoms with Crippen molar-refractivity contribution in [2.45, 2.75) is 26.2 Å². The molecule has 0 unspecified atom stereocenters. The normalized spacial score (nSPS) is 10.7. The van der Waals surface area contributed by atoms with Crippen molar-refractivity contribution in [2.75, 3.05) is 0 Å². The molecule has 0 saturated heterocycles. The van der Waals surface area contributed by atoms with Crippen LogP contribution in [0.25, 0.3) is 0 Å². The Morgan fingerprint density at radius 1 is 1.05 bits per heavy atom. The predicted molar refractivity (Wildman–Crippen MR) is 72.5 cm³/mol. The van der Waals surface area contributed by atoms with Gasteiger partial charge in [0.05, 0.1) is 0 Å². The average Bonchev–Trinajstić information content (AvgIpc) is 2.81. The lowest BCUT2D eigenvalue weighted by Crippen LogP contribution is -2.08. The van der Waals surface area contributed by atoms with Gasteiger partial charge in [-0.05, 0) is 30.7 Å². The highest BCUT2D eigenvalue weighted by Gasteiger charge is 2.14. The molecule has 0 fully saturated rings. The van der Waals surface area contributed by atoms with E-state index in [0.717, 1.165) is 11.3 Å². The molecule has 2 aromatic rings. The highest BCUT2D eigenvalue weighted by atomic mass is 32.1. The van der Waals surface area contributed by atoms with Gasteiger partial charge in [-0.1, -0.05) is 13.0 Å². The van der Waals surface area contributed by atoms with Gasteiger partial charge in [0.1, 0.15) is 17.4 Å². The number of halogens is 2. The van der Waals surface area contributed by atoms with Crippen molar-refractivity contribution in [3.8, 4) is 0 Å². The Morgan fingerprint density at radius 2 is 1.68 bits per heavy atom. The minimum atomic E-state index is -0.659. The smallest absolute Gasteiger partial charge is 0.142 e. The van der Waals surface area contributed by atoms with Crippen molar-refractivity contribution >= 4 is 17.1 Å². The molecule has 1 heterocycles. The second-order valence-electron chi connectivity index (χ2n) is 4.31. The van der Waals surface area contributed by atoms with E-state index < -0.39 is 11.6 Å². The summed E-state index contributed by atoms with van der Waals surface area (Å²) in [6.45, 7) is 2.05. The fourth-order valence-electron chi connectivity index (χ4n) is 1.86. The molecular weight excluding hydrogens is 266 g/mol. The zero-order valence-corrected chi connectivity index (χ0v) is 11.4. The standard InChI is InChI=1S/C15H14F2OS/c1-2-11-6-7-12(19-11)8-10(18)9-13-14(16)4-3-5-15(13)17/h3-7H,2,8-9H2,1H3. The Labute approximate surface area is 114 Å². The van der Waals surface area contributed by atoms with Gasteiger partial charge in [0.2, 0.25) is 0 Å². The highest BCUT2D eigenvalue weighted by Crippen LogP contribution is 2.19. The third-order valence-corrected chi connectivity index (χ3v) is 4.10. The number of benzene rings is 1. The predicted octanol–water partition coefficient (Wildman–Crippen LogP) is 3.94. The van der Waals surface area contributed by atoms with E-state index in [4.69, 9.17) is 0 Å². The van der Waals surface area contributed by atoms with Crippen molar-refractivity contribution in [1.82, 2.24) is 0 Å². The summed E-state index contributed by atoms with van der Waals surface area (Å²) >= 11 is 1.57. The molecule has 0 aliphatic rings. The number of carbonyl (C=O) groups excluding carboxylic acids is 1. The van der Waals surface area contributed by atoms with Gasteiger partial charge in [-0.2, -0.15) is 0 Å². The first kappa shape index (κ1) is 13.9. The van der Waals surface area contributed by atoms with Crippen LogP contribution in [0.5, 0.6) is 0 Å². The van der Waals surface area contributed by atoms with Crippen LogP contribution >= 0.6 is 11.3 Å². The van der Waals surface area contributed by atoms with Crippen LogP contribution in [-0.2, 0) is 24.1 Å². The van der Waals surface area contributed by atoms with Gasteiger partial charge in [-0.3, -0.25) is 4.79 Å². The molecule has 0 bridgehead atoms. The summed E-state index contributed by atoms with van der Waals surface area (Å²) in [6, 6.07) is 7.53. The first-order chi connectivity index (χ1) is 9.10. The number of aryl methyl sites for hydroxylation is 1. The molecule has 0 N–H and O–H groups in total. The minimum Gasteiger partial charge on any atom is -0.299 e. The fraction of sp³-hybridized carbons (Fsp3) is 0.267. The van der Waals surface area contributed by atoms with Crippen LogP contribution in [0.15, 0.2) is 30.3 Å². The SMILES string of the molecule is CCc1ccc(CC(=O)Cc2c(F)cccc2F)s1. The molecule has 19 heavy (non-hydrogen) atoms. The third kappa shape index (κ3) is 3.47. The summed E-state index contributed by atoms with van der Waals surface area (Å²) < 4.78 is 26.8. The van der Waals surface area contributed by atoms with Crippen LogP contribution in [-0.4, -0.2) is 5.78 Å². The number of rotatable bonds is 5. The Kier molecular flexibility index (Phi) is 4.43. The quantitative estimate of drug-likeness (QED) is 0.810. The second-order valence-corrected chi connectivity index (χ2v) is 5.57. The lowest BCUT2D eigenvalue weighted by Gasteiger charge is -2.03. The molecule has 1 aromatic heterocycles. The molecule has 0 aliphatic carbocycles. The van der Waals surface area contributed by atoms with E-state index in [-0.39, 0.29) is 24.2 Å². The van der Waals surface area contributed by atoms with Crippen molar-refractivity contribution < 1.29 is 13.6 Å². The van der Waals surface area contributed by atoms with Gasteiger partial charge in [0.15, 0.2) is 0 Å². The van der Waals surface area contributed by atoms with Crippen LogP contribution in [0, 0.1) is 11.6 Å². The molecule has 0 radical (unpaired) electrons. The summed E-state index contributed by atoms with van der Waals surface area (Å²) in [5, 5.41) is 0. The second kappa shape index (κ2) is 6.06. The van der Waals surface area contributed by atoms with Crippen LogP contribution in [0.1, 0.15) is 22.2 Å². The number of hydrogen-bond donors (Lipinski definition) is 0. The van der Waals surface area contributed by atoms with Crippen LogP contribution < -0.4 is 0 Å². The molecule has 0 atom stereocenters. The largest absolute Gasteiger partial charge is 0.299 e. The molecule has 0 saturated carbocycles. The molecule has 0 aliphatic heterocycles. The van der Waals surface area contributed by atoms with Crippen molar-refractivity contribution in [3.63, 3.8) is 0 Å². The van der Waals surface area contributed by atoms with Crippen molar-refractivity contribution in [1.29, 1.82) is 0 Å². The molecule has 2 rings (SSSR count). The zero-order chi connectivity index (χ0) is 13.8. The van der Waals surface area contributed by atoms with Gasteiger partial charge >= 0.3 is 0 Å². The molecular formula is C15H14F2OS. The van der Waals surface area contributed by atoms with Crippen LogP contribution in [0.3, 0.4) is 0 Å². The fourth-order valence-corrected chi connectivity index (χ4v) is 2.85. The van der Waals surface area contributed by atoms with E-state index in [1.165, 1.54) is 23.1 Å². The van der Waals surface area contributed by atoms with Gasteiger partial charge in [0, 0.05) is 28.2 Å². The third-order valence-electron chi connectivity index (χ3n) is 2.87. The molecule has 4 heteroatoms. The number of Topliss-reactive ketones (excluding diaryl/α,β-unsaturated/α-hetero) is 1. The summed E-state index contributed by atoms with van der Waals surface area (Å²) in [7, 11) is 0. The molecule has 0 amide bonds. The van der Waals surface area contributed by atoms with Crippen LogP contribution in [0.4, 0.5) is 8.78 Å². The number of ketones is 1. The molecule has 1 nitrogen and oxygen atoms in total. The van der Waals surface area contributed by atoms with E-state index in [0.29, 0.717) is 0 Å². The molecule has 0 spiro atoms. The van der Waals surface area contributed by atoms with E-state index >= 15 is 0 Å². The summed E-state index contributed by atoms with van der Waals surface area (Å²) in [5.41, 5.74) is -0.139. The van der Waals surface area contributed by atoms with E-state index in [1.807, 2.05) is 19.1 Å². The van der Waals surface area contributed by atoms with Crippen molar-refractivity contribution in [2.24, 2.45) is 0 Å². The maximum atomic E-state index is 13.4. The first-order valence-corrected chi connectivity index (χ1v) is 6.94. The number of thiophene rings is 1. The Morgan fingerprint density at radius 3 is 2.26 bits per heavy atom. The van der Waals surface area contributed by atoms with E-state index in [9.17, 15) is 13.6 Å². The molecule has 1 aromatic carbocycles. The monoisotopic (exact) mass is 280 g/mol. The van der Waals surface area contributed by atoms with Crippen LogP contribution in [0.2, 0.25) is 0 Å². The van der Waals surface area contributed by atoms with Gasteiger partial charge in [0.25, 0.3) is 0 Å². The van der Waals surface area contributed by atoms with Crippen molar-refractivity contribution in [3.05, 3.63) is 57.3 Å².